The normalized spacial score (nSPS) is 12.6. The van der Waals surface area contributed by atoms with Gasteiger partial charge in [0.1, 0.15) is 11.9 Å². The third kappa shape index (κ3) is 3.26. The van der Waals surface area contributed by atoms with Crippen molar-refractivity contribution in [2.45, 2.75) is 25.9 Å². The molecular weight excluding hydrogens is 358 g/mol. The summed E-state index contributed by atoms with van der Waals surface area (Å²) in [4.78, 5) is 23.2. The van der Waals surface area contributed by atoms with Gasteiger partial charge in [0.2, 0.25) is 5.78 Å². The maximum Gasteiger partial charge on any atom is 0.270 e. The summed E-state index contributed by atoms with van der Waals surface area (Å²) < 4.78 is 9.43. The number of nitro benzene ring substituents is 1. The highest BCUT2D eigenvalue weighted by molar-refractivity contribution is 5.95. The molecule has 0 N–H and O–H groups in total. The van der Waals surface area contributed by atoms with Crippen molar-refractivity contribution in [3.05, 3.63) is 76.2 Å². The number of hydrogen-bond acceptors (Lipinski definition) is 4. The average molecular weight is 378 g/mol. The number of carbonyl (C=O) groups excluding carboxylic acids is 1. The Balaban J connectivity index is 1.64. The topological polar surface area (TPSA) is 78.2 Å². The number of benzene rings is 2. The highest BCUT2D eigenvalue weighted by atomic mass is 16.6. The minimum absolute atomic E-state index is 0.0723. The van der Waals surface area contributed by atoms with Gasteiger partial charge in [0, 0.05) is 23.3 Å². The summed E-state index contributed by atoms with van der Waals surface area (Å²) in [5.74, 6) is 1.76. The van der Waals surface area contributed by atoms with Gasteiger partial charge in [-0.05, 0) is 30.7 Å². The van der Waals surface area contributed by atoms with Gasteiger partial charge < -0.3 is 4.74 Å². The monoisotopic (exact) mass is 378 g/mol. The molecule has 1 aliphatic heterocycles. The summed E-state index contributed by atoms with van der Waals surface area (Å²) in [5, 5.41) is 11.0. The van der Waals surface area contributed by atoms with Gasteiger partial charge in [-0.3, -0.25) is 14.9 Å². The van der Waals surface area contributed by atoms with Crippen LogP contribution in [-0.4, -0.2) is 22.4 Å². The Bertz CT molecular complexity index is 1050. The highest BCUT2D eigenvalue weighted by Crippen LogP contribution is 2.26. The largest absolute Gasteiger partial charge is 0.497 e. The van der Waals surface area contributed by atoms with Crippen LogP contribution in [0.15, 0.2) is 54.7 Å². The molecule has 0 spiro atoms. The fraction of sp³-hybridized carbons (Fsp3) is 0.238. The van der Waals surface area contributed by atoms with Crippen molar-refractivity contribution in [3.8, 4) is 17.0 Å². The van der Waals surface area contributed by atoms with E-state index < -0.39 is 4.92 Å². The van der Waals surface area contributed by atoms with E-state index in [4.69, 9.17) is 4.74 Å². The number of hydrogen-bond donors (Lipinski definition) is 0. The van der Waals surface area contributed by atoms with Crippen LogP contribution in [0.1, 0.15) is 22.6 Å². The second kappa shape index (κ2) is 7.26. The van der Waals surface area contributed by atoms with Gasteiger partial charge in [0.05, 0.1) is 25.0 Å². The Morgan fingerprint density at radius 2 is 2.04 bits per heavy atom. The number of nitrogens with zero attached hydrogens (tertiary/aromatic N) is 3. The van der Waals surface area contributed by atoms with Crippen LogP contribution in [0.5, 0.6) is 5.75 Å². The van der Waals surface area contributed by atoms with E-state index in [-0.39, 0.29) is 18.0 Å². The number of fused-ring (bicyclic) bond motifs is 1. The number of carbonyl (C=O) groups is 1. The third-order valence-corrected chi connectivity index (χ3v) is 5.07. The van der Waals surface area contributed by atoms with E-state index in [2.05, 4.69) is 4.57 Å². The van der Waals surface area contributed by atoms with Crippen LogP contribution in [-0.2, 0) is 19.5 Å². The number of ketones is 1. The molecule has 4 rings (SSSR count). The first-order valence-corrected chi connectivity index (χ1v) is 9.11. The van der Waals surface area contributed by atoms with Crippen LogP contribution in [0.2, 0.25) is 0 Å². The molecule has 1 aromatic heterocycles. The van der Waals surface area contributed by atoms with Gasteiger partial charge in [-0.15, -0.1) is 0 Å². The first-order chi connectivity index (χ1) is 13.6. The van der Waals surface area contributed by atoms with E-state index in [9.17, 15) is 14.9 Å². The maximum atomic E-state index is 12.7. The van der Waals surface area contributed by atoms with Crippen LogP contribution < -0.4 is 9.30 Å². The van der Waals surface area contributed by atoms with E-state index in [0.717, 1.165) is 42.2 Å². The molecule has 0 radical (unpaired) electrons. The Morgan fingerprint density at radius 3 is 2.75 bits per heavy atom. The summed E-state index contributed by atoms with van der Waals surface area (Å²) in [6.07, 6.45) is 3.92. The third-order valence-electron chi connectivity index (χ3n) is 5.07. The Morgan fingerprint density at radius 1 is 1.25 bits per heavy atom. The molecule has 0 saturated heterocycles. The molecular formula is C21H20N3O4+. The lowest BCUT2D eigenvalue weighted by atomic mass is 10.1. The molecule has 0 unspecified atom stereocenters. The van der Waals surface area contributed by atoms with E-state index in [1.165, 1.54) is 12.1 Å². The summed E-state index contributed by atoms with van der Waals surface area (Å²) in [6.45, 7) is 1.07. The molecule has 3 aromatic rings. The minimum atomic E-state index is -0.484. The van der Waals surface area contributed by atoms with Crippen LogP contribution in [0.4, 0.5) is 5.69 Å². The lowest BCUT2D eigenvalue weighted by Crippen LogP contribution is -2.40. The molecule has 0 bridgehead atoms. The first-order valence-electron chi connectivity index (χ1n) is 9.11. The Kier molecular flexibility index (Phi) is 4.65. The number of rotatable bonds is 6. The smallest absolute Gasteiger partial charge is 0.270 e. The SMILES string of the molecule is COc1ccc(-c2c[n+](CC(=O)c3cccc([N+](=O)[O-])c3)c3n2CCC3)cc1. The predicted molar refractivity (Wildman–Crippen MR) is 102 cm³/mol. The zero-order valence-corrected chi connectivity index (χ0v) is 15.5. The van der Waals surface area contributed by atoms with Gasteiger partial charge in [0.15, 0.2) is 12.2 Å². The van der Waals surface area contributed by atoms with Crippen molar-refractivity contribution < 1.29 is 19.0 Å². The molecule has 1 aliphatic rings. The van der Waals surface area contributed by atoms with Crippen molar-refractivity contribution >= 4 is 11.5 Å². The lowest BCUT2D eigenvalue weighted by molar-refractivity contribution is -0.689. The van der Waals surface area contributed by atoms with Crippen molar-refractivity contribution in [2.24, 2.45) is 0 Å². The first kappa shape index (κ1) is 17.9. The van der Waals surface area contributed by atoms with Gasteiger partial charge in [0.25, 0.3) is 11.5 Å². The number of imidazole rings is 1. The minimum Gasteiger partial charge on any atom is -0.497 e. The fourth-order valence-electron chi connectivity index (χ4n) is 3.68. The van der Waals surface area contributed by atoms with Crippen molar-refractivity contribution in [2.75, 3.05) is 7.11 Å². The highest BCUT2D eigenvalue weighted by Gasteiger charge is 2.30. The molecule has 7 nitrogen and oxygen atoms in total. The molecule has 28 heavy (non-hydrogen) atoms. The molecule has 0 saturated carbocycles. The molecule has 0 aliphatic carbocycles. The molecule has 0 atom stereocenters. The Labute approximate surface area is 162 Å². The lowest BCUT2D eigenvalue weighted by Gasteiger charge is -2.01. The number of nitro groups is 1. The van der Waals surface area contributed by atoms with Crippen LogP contribution in [0, 0.1) is 10.1 Å². The predicted octanol–water partition coefficient (Wildman–Crippen LogP) is 3.19. The van der Waals surface area contributed by atoms with Crippen molar-refractivity contribution in [3.63, 3.8) is 0 Å². The summed E-state index contributed by atoms with van der Waals surface area (Å²) in [5.41, 5.74) is 2.40. The number of ether oxygens (including phenoxy) is 1. The van der Waals surface area contributed by atoms with Gasteiger partial charge >= 0.3 is 0 Å². The molecule has 7 heteroatoms. The zero-order chi connectivity index (χ0) is 19.7. The number of aromatic nitrogens is 2. The van der Waals surface area contributed by atoms with Gasteiger partial charge in [-0.25, -0.2) is 9.13 Å². The quantitative estimate of drug-likeness (QED) is 0.286. The second-order valence-corrected chi connectivity index (χ2v) is 6.77. The van der Waals surface area contributed by atoms with E-state index >= 15 is 0 Å². The van der Waals surface area contributed by atoms with Crippen molar-refractivity contribution in [1.29, 1.82) is 0 Å². The summed E-state index contributed by atoms with van der Waals surface area (Å²) >= 11 is 0. The van der Waals surface area contributed by atoms with E-state index in [1.807, 2.05) is 35.0 Å². The zero-order valence-electron chi connectivity index (χ0n) is 15.5. The molecule has 0 amide bonds. The Hall–Kier alpha value is -3.48. The maximum absolute atomic E-state index is 12.7. The van der Waals surface area contributed by atoms with E-state index in [1.54, 1.807) is 19.2 Å². The van der Waals surface area contributed by atoms with Gasteiger partial charge in [-0.1, -0.05) is 12.1 Å². The summed E-state index contributed by atoms with van der Waals surface area (Å²) in [6, 6.07) is 13.7. The van der Waals surface area contributed by atoms with Crippen LogP contribution in [0.3, 0.4) is 0 Å². The van der Waals surface area contributed by atoms with Gasteiger partial charge in [-0.2, -0.15) is 0 Å². The van der Waals surface area contributed by atoms with Crippen LogP contribution >= 0.6 is 0 Å². The molecule has 2 heterocycles. The van der Waals surface area contributed by atoms with E-state index in [0.29, 0.717) is 5.56 Å². The number of methoxy groups -OCH3 is 1. The molecule has 142 valence electrons. The van der Waals surface area contributed by atoms with Crippen molar-refractivity contribution in [1.82, 2.24) is 4.57 Å². The summed E-state index contributed by atoms with van der Waals surface area (Å²) in [7, 11) is 1.64. The van der Waals surface area contributed by atoms with Crippen LogP contribution in [0.25, 0.3) is 11.3 Å². The molecule has 2 aromatic carbocycles. The standard InChI is InChI=1S/C21H20N3O4/c1-28-18-9-7-15(8-10-18)19-13-22(21-6-3-11-23(19)21)14-20(25)16-4-2-5-17(12-16)24(26)27/h2,4-5,7-10,12-13H,3,6,11,14H2,1H3/q+1. The number of Topliss-reactive ketones (excluding diaryl/α,β-unsaturated/α-hetero) is 1. The molecule has 0 fully saturated rings. The fourth-order valence-corrected chi connectivity index (χ4v) is 3.68. The number of non-ortho nitro benzene ring substituents is 1. The average Bonchev–Trinajstić information content (AvgIpc) is 3.32. The second-order valence-electron chi connectivity index (χ2n) is 6.77.